The molecule has 2 rings (SSSR count). The zero-order valence-corrected chi connectivity index (χ0v) is 13.2. The molecule has 1 amide bonds. The fraction of sp³-hybridized carbons (Fsp3) is 0.214. The third kappa shape index (κ3) is 3.49. The lowest BCUT2D eigenvalue weighted by molar-refractivity contribution is 0.0696. The summed E-state index contributed by atoms with van der Waals surface area (Å²) in [5.74, 6) is -1.13. The average molecular weight is 352 g/mol. The molecule has 0 radical (unpaired) electrons. The van der Waals surface area contributed by atoms with Crippen LogP contribution in [0.25, 0.3) is 0 Å². The van der Waals surface area contributed by atoms with Crippen LogP contribution in [0, 0.1) is 0 Å². The van der Waals surface area contributed by atoms with E-state index >= 15 is 0 Å². The molecular formula is C14H14BrN3O3. The fourth-order valence-electron chi connectivity index (χ4n) is 1.78. The van der Waals surface area contributed by atoms with Crippen molar-refractivity contribution in [2.75, 3.05) is 14.1 Å². The molecule has 0 aliphatic rings. The van der Waals surface area contributed by atoms with Gasteiger partial charge in [-0.3, -0.25) is 9.48 Å². The first kappa shape index (κ1) is 15.2. The van der Waals surface area contributed by atoms with Crippen LogP contribution in [-0.4, -0.2) is 45.8 Å². The molecule has 0 bridgehead atoms. The molecule has 6 nitrogen and oxygen atoms in total. The van der Waals surface area contributed by atoms with Gasteiger partial charge in [-0.1, -0.05) is 22.0 Å². The molecule has 1 aromatic heterocycles. The van der Waals surface area contributed by atoms with Crippen LogP contribution in [0.3, 0.4) is 0 Å². The number of amides is 1. The molecule has 0 saturated heterocycles. The predicted molar refractivity (Wildman–Crippen MR) is 80.4 cm³/mol. The van der Waals surface area contributed by atoms with Crippen LogP contribution in [0.15, 0.2) is 34.9 Å². The number of aromatic nitrogens is 2. The fourth-order valence-corrected chi connectivity index (χ4v) is 2.28. The minimum atomic E-state index is -0.972. The Bertz CT molecular complexity index is 695. The molecule has 1 heterocycles. The lowest BCUT2D eigenvalue weighted by Gasteiger charge is -2.08. The summed E-state index contributed by atoms with van der Waals surface area (Å²) in [6, 6.07) is 6.47. The summed E-state index contributed by atoms with van der Waals surface area (Å²) in [6.45, 7) is 0.446. The van der Waals surface area contributed by atoms with Gasteiger partial charge in [0.1, 0.15) is 5.69 Å². The number of carbonyl (C=O) groups is 2. The molecule has 0 unspecified atom stereocenters. The first-order valence-electron chi connectivity index (χ1n) is 6.15. The van der Waals surface area contributed by atoms with Gasteiger partial charge in [-0.25, -0.2) is 4.79 Å². The van der Waals surface area contributed by atoms with Crippen LogP contribution >= 0.6 is 15.9 Å². The summed E-state index contributed by atoms with van der Waals surface area (Å²) in [5.41, 5.74) is 1.47. The lowest BCUT2D eigenvalue weighted by Crippen LogP contribution is -2.22. The summed E-state index contributed by atoms with van der Waals surface area (Å²) in [5, 5.41) is 13.1. The van der Waals surface area contributed by atoms with E-state index in [1.54, 1.807) is 43.2 Å². The number of carboxylic acids is 1. The molecule has 21 heavy (non-hydrogen) atoms. The molecule has 0 aliphatic heterocycles. The molecule has 0 atom stereocenters. The van der Waals surface area contributed by atoms with E-state index in [9.17, 15) is 9.59 Å². The third-order valence-electron chi connectivity index (χ3n) is 2.90. The zero-order chi connectivity index (χ0) is 15.6. The van der Waals surface area contributed by atoms with Gasteiger partial charge >= 0.3 is 5.97 Å². The Balaban J connectivity index is 2.19. The Morgan fingerprint density at radius 2 is 2.05 bits per heavy atom. The van der Waals surface area contributed by atoms with Crippen molar-refractivity contribution < 1.29 is 14.7 Å². The predicted octanol–water partition coefficient (Wildman–Crippen LogP) is 2.09. The second-order valence-corrected chi connectivity index (χ2v) is 5.56. The van der Waals surface area contributed by atoms with Crippen LogP contribution in [0.4, 0.5) is 0 Å². The molecule has 0 aliphatic carbocycles. The smallest absolute Gasteiger partial charge is 0.335 e. The highest BCUT2D eigenvalue weighted by Gasteiger charge is 2.12. The zero-order valence-electron chi connectivity index (χ0n) is 11.6. The molecule has 7 heteroatoms. The Morgan fingerprint density at radius 3 is 2.62 bits per heavy atom. The van der Waals surface area contributed by atoms with Gasteiger partial charge in [0.25, 0.3) is 5.91 Å². The normalized spacial score (nSPS) is 10.4. The summed E-state index contributed by atoms with van der Waals surface area (Å²) < 4.78 is 2.33. The second-order valence-electron chi connectivity index (χ2n) is 4.71. The monoisotopic (exact) mass is 351 g/mol. The lowest BCUT2D eigenvalue weighted by atomic mass is 10.1. The summed E-state index contributed by atoms with van der Waals surface area (Å²) >= 11 is 3.35. The van der Waals surface area contributed by atoms with Crippen molar-refractivity contribution in [3.63, 3.8) is 0 Å². The third-order valence-corrected chi connectivity index (χ3v) is 3.64. The molecule has 110 valence electrons. The Hall–Kier alpha value is -2.15. The Labute approximate surface area is 130 Å². The number of carbonyl (C=O) groups excluding carboxylic acids is 1. The minimum absolute atomic E-state index is 0.158. The van der Waals surface area contributed by atoms with E-state index in [2.05, 4.69) is 21.0 Å². The summed E-state index contributed by atoms with van der Waals surface area (Å²) in [7, 11) is 3.34. The van der Waals surface area contributed by atoms with Crippen molar-refractivity contribution in [3.8, 4) is 0 Å². The highest BCUT2D eigenvalue weighted by atomic mass is 79.9. The van der Waals surface area contributed by atoms with Crippen LogP contribution < -0.4 is 0 Å². The standard InChI is InChI=1S/C14H14BrN3O3/c1-17(2)13(19)12-5-6-18(16-12)8-10-4-3-9(14(20)21)7-11(10)15/h3-7H,8H2,1-2H3,(H,20,21). The van der Waals surface area contributed by atoms with Crippen molar-refractivity contribution >= 4 is 27.8 Å². The number of aromatic carboxylic acids is 1. The van der Waals surface area contributed by atoms with Crippen LogP contribution in [0.5, 0.6) is 0 Å². The largest absolute Gasteiger partial charge is 0.478 e. The number of hydrogen-bond acceptors (Lipinski definition) is 3. The van der Waals surface area contributed by atoms with E-state index in [0.717, 1.165) is 5.56 Å². The van der Waals surface area contributed by atoms with Crippen molar-refractivity contribution in [2.45, 2.75) is 6.54 Å². The number of nitrogens with zero attached hydrogens (tertiary/aromatic N) is 3. The maximum atomic E-state index is 11.8. The highest BCUT2D eigenvalue weighted by Crippen LogP contribution is 2.20. The van der Waals surface area contributed by atoms with Crippen LogP contribution in [0.1, 0.15) is 26.4 Å². The van der Waals surface area contributed by atoms with E-state index in [4.69, 9.17) is 5.11 Å². The van der Waals surface area contributed by atoms with E-state index in [0.29, 0.717) is 16.7 Å². The number of rotatable bonds is 4. The first-order chi connectivity index (χ1) is 9.88. The van der Waals surface area contributed by atoms with Gasteiger partial charge in [0.15, 0.2) is 0 Å². The van der Waals surface area contributed by atoms with Gasteiger partial charge < -0.3 is 10.0 Å². The Morgan fingerprint density at radius 1 is 1.33 bits per heavy atom. The van der Waals surface area contributed by atoms with Gasteiger partial charge in [-0.15, -0.1) is 0 Å². The topological polar surface area (TPSA) is 75.4 Å². The molecule has 1 N–H and O–H groups in total. The second kappa shape index (κ2) is 6.09. The SMILES string of the molecule is CN(C)C(=O)c1ccn(Cc2ccc(C(=O)O)cc2Br)n1. The summed E-state index contributed by atoms with van der Waals surface area (Å²) in [6.07, 6.45) is 1.72. The van der Waals surface area contributed by atoms with E-state index in [-0.39, 0.29) is 11.5 Å². The average Bonchev–Trinajstić information content (AvgIpc) is 2.88. The van der Waals surface area contributed by atoms with Gasteiger partial charge in [-0.05, 0) is 23.8 Å². The maximum absolute atomic E-state index is 11.8. The molecular weight excluding hydrogens is 338 g/mol. The van der Waals surface area contributed by atoms with Crippen molar-refractivity contribution in [2.24, 2.45) is 0 Å². The van der Waals surface area contributed by atoms with E-state index in [1.807, 2.05) is 0 Å². The first-order valence-corrected chi connectivity index (χ1v) is 6.94. The van der Waals surface area contributed by atoms with E-state index < -0.39 is 5.97 Å². The molecule has 2 aromatic rings. The molecule has 0 saturated carbocycles. The van der Waals surface area contributed by atoms with Gasteiger partial charge in [0.2, 0.25) is 0 Å². The van der Waals surface area contributed by atoms with Crippen molar-refractivity contribution in [3.05, 3.63) is 51.8 Å². The summed E-state index contributed by atoms with van der Waals surface area (Å²) in [4.78, 5) is 24.1. The molecule has 0 spiro atoms. The number of halogens is 1. The number of hydrogen-bond donors (Lipinski definition) is 1. The minimum Gasteiger partial charge on any atom is -0.478 e. The van der Waals surface area contributed by atoms with Crippen LogP contribution in [0.2, 0.25) is 0 Å². The van der Waals surface area contributed by atoms with E-state index in [1.165, 1.54) is 11.0 Å². The van der Waals surface area contributed by atoms with Gasteiger partial charge in [0.05, 0.1) is 12.1 Å². The molecule has 0 fully saturated rings. The van der Waals surface area contributed by atoms with Gasteiger partial charge in [0, 0.05) is 24.8 Å². The van der Waals surface area contributed by atoms with Crippen LogP contribution in [-0.2, 0) is 6.54 Å². The highest BCUT2D eigenvalue weighted by molar-refractivity contribution is 9.10. The molecule has 1 aromatic carbocycles. The number of carboxylic acid groups (broad SMARTS) is 1. The number of benzene rings is 1. The maximum Gasteiger partial charge on any atom is 0.335 e. The van der Waals surface area contributed by atoms with Crippen molar-refractivity contribution in [1.29, 1.82) is 0 Å². The quantitative estimate of drug-likeness (QED) is 0.914. The van der Waals surface area contributed by atoms with Gasteiger partial charge in [-0.2, -0.15) is 5.10 Å². The Kier molecular flexibility index (Phi) is 4.42. The van der Waals surface area contributed by atoms with Crippen molar-refractivity contribution in [1.82, 2.24) is 14.7 Å².